The fourth-order valence-electron chi connectivity index (χ4n) is 2.48. The van der Waals surface area contributed by atoms with Gasteiger partial charge in [0.25, 0.3) is 5.91 Å². The van der Waals surface area contributed by atoms with E-state index < -0.39 is 10.0 Å². The van der Waals surface area contributed by atoms with Gasteiger partial charge in [-0.05, 0) is 36.4 Å². The average molecular weight is 402 g/mol. The lowest BCUT2D eigenvalue weighted by Gasteiger charge is -2.10. The second-order valence-electron chi connectivity index (χ2n) is 5.61. The molecule has 2 N–H and O–H groups in total. The number of carbonyl (C=O) groups excluding carboxylic acids is 1. The first-order valence-corrected chi connectivity index (χ1v) is 9.84. The molecule has 0 saturated carbocycles. The van der Waals surface area contributed by atoms with Crippen LogP contribution in [0.5, 0.6) is 0 Å². The molecule has 8 heteroatoms. The first-order chi connectivity index (χ1) is 12.9. The van der Waals surface area contributed by atoms with Crippen molar-refractivity contribution < 1.29 is 13.2 Å². The van der Waals surface area contributed by atoms with Crippen LogP contribution in [0.4, 0.5) is 5.69 Å². The Hall–Kier alpha value is -2.74. The number of para-hydroxylation sites is 1. The van der Waals surface area contributed by atoms with Gasteiger partial charge < -0.3 is 5.32 Å². The van der Waals surface area contributed by atoms with Crippen molar-refractivity contribution in [1.82, 2.24) is 9.71 Å². The summed E-state index contributed by atoms with van der Waals surface area (Å²) in [6.45, 7) is 3.60. The zero-order valence-corrected chi connectivity index (χ0v) is 15.7. The van der Waals surface area contributed by atoms with Crippen molar-refractivity contribution in [2.75, 3.05) is 11.9 Å². The van der Waals surface area contributed by atoms with E-state index in [1.165, 1.54) is 30.3 Å². The maximum atomic E-state index is 12.5. The van der Waals surface area contributed by atoms with Crippen LogP contribution >= 0.6 is 11.6 Å². The molecular formula is C19H16ClN3O3S. The van der Waals surface area contributed by atoms with Crippen molar-refractivity contribution in [1.29, 1.82) is 0 Å². The minimum Gasteiger partial charge on any atom is -0.321 e. The SMILES string of the molecule is C=CCNS(=O)(=O)c1ccc(C(=O)Nc2ccnc3c(Cl)cccc23)cc1. The second kappa shape index (κ2) is 7.87. The second-order valence-corrected chi connectivity index (χ2v) is 7.79. The largest absolute Gasteiger partial charge is 0.321 e. The summed E-state index contributed by atoms with van der Waals surface area (Å²) in [4.78, 5) is 16.8. The smallest absolute Gasteiger partial charge is 0.255 e. The molecule has 1 aromatic heterocycles. The summed E-state index contributed by atoms with van der Waals surface area (Å²) in [6.07, 6.45) is 3.01. The summed E-state index contributed by atoms with van der Waals surface area (Å²) in [7, 11) is -3.63. The molecule has 1 heterocycles. The Kier molecular flexibility index (Phi) is 5.55. The molecule has 0 spiro atoms. The molecule has 27 heavy (non-hydrogen) atoms. The van der Waals surface area contributed by atoms with Crippen molar-refractivity contribution in [2.45, 2.75) is 4.90 Å². The summed E-state index contributed by atoms with van der Waals surface area (Å²) < 4.78 is 26.5. The van der Waals surface area contributed by atoms with E-state index in [1.54, 1.807) is 24.4 Å². The van der Waals surface area contributed by atoms with Crippen LogP contribution in [0, 0.1) is 0 Å². The van der Waals surface area contributed by atoms with Crippen LogP contribution in [0.25, 0.3) is 10.9 Å². The molecule has 0 radical (unpaired) electrons. The number of hydrogen-bond acceptors (Lipinski definition) is 4. The molecule has 0 unspecified atom stereocenters. The molecule has 6 nitrogen and oxygen atoms in total. The molecule has 2 aromatic carbocycles. The molecule has 0 fully saturated rings. The van der Waals surface area contributed by atoms with Crippen LogP contribution in [0.15, 0.2) is 72.3 Å². The number of aromatic nitrogens is 1. The molecule has 138 valence electrons. The third-order valence-corrected chi connectivity index (χ3v) is 5.56. The van der Waals surface area contributed by atoms with Crippen molar-refractivity contribution in [3.8, 4) is 0 Å². The summed E-state index contributed by atoms with van der Waals surface area (Å²) >= 11 is 6.13. The molecule has 0 bridgehead atoms. The maximum Gasteiger partial charge on any atom is 0.255 e. The number of rotatable bonds is 6. The fourth-order valence-corrected chi connectivity index (χ4v) is 3.70. The van der Waals surface area contributed by atoms with Gasteiger partial charge in [-0.2, -0.15) is 0 Å². The summed E-state index contributed by atoms with van der Waals surface area (Å²) in [5.41, 5.74) is 1.48. The van der Waals surface area contributed by atoms with Crippen LogP contribution in [0.3, 0.4) is 0 Å². The number of anilines is 1. The van der Waals surface area contributed by atoms with Crippen LogP contribution in [0.1, 0.15) is 10.4 Å². The summed E-state index contributed by atoms with van der Waals surface area (Å²) in [5, 5.41) is 4.01. The van der Waals surface area contributed by atoms with Gasteiger partial charge in [-0.3, -0.25) is 9.78 Å². The highest BCUT2D eigenvalue weighted by molar-refractivity contribution is 7.89. The Morgan fingerprint density at radius 2 is 1.89 bits per heavy atom. The zero-order chi connectivity index (χ0) is 19.4. The summed E-state index contributed by atoms with van der Waals surface area (Å²) in [6, 6.07) is 12.6. The molecule has 0 saturated heterocycles. The van der Waals surface area contributed by atoms with E-state index in [9.17, 15) is 13.2 Å². The van der Waals surface area contributed by atoms with E-state index in [-0.39, 0.29) is 17.3 Å². The standard InChI is InChI=1S/C19H16ClN3O3S/c1-2-11-22-27(25,26)14-8-6-13(7-9-14)19(24)23-17-10-12-21-18-15(17)4-3-5-16(18)20/h2-10,12,22H,1,11H2,(H,21,23,24). The number of amides is 1. The number of carbonyl (C=O) groups is 1. The Balaban J connectivity index is 1.83. The number of nitrogens with zero attached hydrogens (tertiary/aromatic N) is 1. The van der Waals surface area contributed by atoms with Gasteiger partial charge in [0.15, 0.2) is 0 Å². The number of fused-ring (bicyclic) bond motifs is 1. The number of hydrogen-bond donors (Lipinski definition) is 2. The lowest BCUT2D eigenvalue weighted by molar-refractivity contribution is 0.102. The van der Waals surface area contributed by atoms with Gasteiger partial charge in [0.2, 0.25) is 10.0 Å². The Morgan fingerprint density at radius 3 is 2.59 bits per heavy atom. The number of pyridine rings is 1. The minimum absolute atomic E-state index is 0.0713. The molecular weight excluding hydrogens is 386 g/mol. The van der Waals surface area contributed by atoms with Gasteiger partial charge in [-0.15, -0.1) is 6.58 Å². The fraction of sp³-hybridized carbons (Fsp3) is 0.0526. The first kappa shape index (κ1) is 19.0. The number of nitrogens with one attached hydrogen (secondary N) is 2. The van der Waals surface area contributed by atoms with Crippen molar-refractivity contribution >= 4 is 44.1 Å². The number of sulfonamides is 1. The Bertz CT molecular complexity index is 1110. The highest BCUT2D eigenvalue weighted by Crippen LogP contribution is 2.27. The minimum atomic E-state index is -3.63. The normalized spacial score (nSPS) is 11.3. The van der Waals surface area contributed by atoms with Crippen LogP contribution in [-0.4, -0.2) is 25.9 Å². The number of halogens is 1. The topological polar surface area (TPSA) is 88.2 Å². The van der Waals surface area contributed by atoms with E-state index in [1.807, 2.05) is 6.07 Å². The van der Waals surface area contributed by atoms with E-state index >= 15 is 0 Å². The van der Waals surface area contributed by atoms with Gasteiger partial charge in [-0.1, -0.05) is 29.8 Å². The third kappa shape index (κ3) is 4.16. The molecule has 3 rings (SSSR count). The number of benzene rings is 2. The average Bonchev–Trinajstić information content (AvgIpc) is 2.67. The molecule has 0 aliphatic rings. The van der Waals surface area contributed by atoms with E-state index in [0.717, 1.165) is 0 Å². The van der Waals surface area contributed by atoms with Gasteiger partial charge in [0, 0.05) is 23.7 Å². The van der Waals surface area contributed by atoms with Crippen molar-refractivity contribution in [3.05, 3.63) is 78.0 Å². The van der Waals surface area contributed by atoms with Gasteiger partial charge in [-0.25, -0.2) is 13.1 Å². The predicted octanol–water partition coefficient (Wildman–Crippen LogP) is 3.60. The molecule has 0 aliphatic heterocycles. The third-order valence-electron chi connectivity index (χ3n) is 3.81. The van der Waals surface area contributed by atoms with Gasteiger partial charge in [0.05, 0.1) is 21.1 Å². The highest BCUT2D eigenvalue weighted by Gasteiger charge is 2.15. The van der Waals surface area contributed by atoms with E-state index in [0.29, 0.717) is 27.2 Å². The van der Waals surface area contributed by atoms with Crippen LogP contribution < -0.4 is 10.0 Å². The molecule has 1 amide bonds. The Labute approximate surface area is 161 Å². The van der Waals surface area contributed by atoms with Gasteiger partial charge in [0.1, 0.15) is 0 Å². The lowest BCUT2D eigenvalue weighted by atomic mass is 10.1. The van der Waals surface area contributed by atoms with E-state index in [2.05, 4.69) is 21.6 Å². The van der Waals surface area contributed by atoms with Crippen LogP contribution in [0.2, 0.25) is 5.02 Å². The van der Waals surface area contributed by atoms with E-state index in [4.69, 9.17) is 11.6 Å². The lowest BCUT2D eigenvalue weighted by Crippen LogP contribution is -2.23. The van der Waals surface area contributed by atoms with Crippen molar-refractivity contribution in [3.63, 3.8) is 0 Å². The maximum absolute atomic E-state index is 12.5. The molecule has 0 atom stereocenters. The summed E-state index contributed by atoms with van der Waals surface area (Å²) in [5.74, 6) is -0.370. The van der Waals surface area contributed by atoms with Crippen molar-refractivity contribution in [2.24, 2.45) is 0 Å². The highest BCUT2D eigenvalue weighted by atomic mass is 35.5. The first-order valence-electron chi connectivity index (χ1n) is 7.97. The van der Waals surface area contributed by atoms with Gasteiger partial charge >= 0.3 is 0 Å². The quantitative estimate of drug-likeness (QED) is 0.617. The Morgan fingerprint density at radius 1 is 1.15 bits per heavy atom. The molecule has 3 aromatic rings. The zero-order valence-electron chi connectivity index (χ0n) is 14.1. The predicted molar refractivity (Wildman–Crippen MR) is 107 cm³/mol. The monoisotopic (exact) mass is 401 g/mol. The van der Waals surface area contributed by atoms with Crippen LogP contribution in [-0.2, 0) is 10.0 Å². The molecule has 0 aliphatic carbocycles.